The smallest absolute Gasteiger partial charge is 0.246 e. The number of thiazole rings is 1. The lowest BCUT2D eigenvalue weighted by atomic mass is 9.77. The van der Waals surface area contributed by atoms with Crippen LogP contribution in [0.5, 0.6) is 0 Å². The predicted molar refractivity (Wildman–Crippen MR) is 248 cm³/mol. The van der Waals surface area contributed by atoms with E-state index in [1.807, 2.05) is 82.0 Å². The van der Waals surface area contributed by atoms with E-state index in [1.165, 1.54) is 4.90 Å². The molecule has 1 spiro atoms. The van der Waals surface area contributed by atoms with Crippen molar-refractivity contribution >= 4 is 52.3 Å². The Bertz CT molecular complexity index is 2490. The number of hydrogen-bond donors (Lipinski definition) is 4. The van der Waals surface area contributed by atoms with Gasteiger partial charge in [-0.25, -0.2) is 4.98 Å². The lowest BCUT2D eigenvalue weighted by molar-refractivity contribution is -0.144. The molecule has 0 saturated carbocycles. The van der Waals surface area contributed by atoms with E-state index < -0.39 is 29.5 Å². The van der Waals surface area contributed by atoms with Crippen molar-refractivity contribution in [1.29, 1.82) is 0 Å². The lowest BCUT2D eigenvalue weighted by Crippen LogP contribution is -2.57. The fraction of sp³-hybridized carbons (Fsp3) is 0.438. The molecule has 4 N–H and O–H groups in total. The molecule has 6 heterocycles. The number of pyridine rings is 1. The number of anilines is 1. The van der Waals surface area contributed by atoms with E-state index in [9.17, 15) is 24.3 Å². The number of β-amino-alcohol motifs (C(OH)–C–C–N with tert-alkyl or cyclic N) is 1. The maximum absolute atomic E-state index is 14.1. The van der Waals surface area contributed by atoms with Crippen LogP contribution in [-0.2, 0) is 32.3 Å². The minimum absolute atomic E-state index is 0.00685. The molecule has 8 rings (SSSR count). The number of benzene rings is 2. The molecule has 4 amide bonds. The molecule has 0 bridgehead atoms. The first kappa shape index (κ1) is 44.9. The standard InChI is InChI=1S/C48H56ClN9O5S/c1-30-42(64-29-53-30)34-9-7-31(8-10-34)23-52-44(61)39-22-36(59)28-58(39)45(62)43(47(2,3)4)55-40(60)6-5-19-57-27-35(24-54-57)32-11-13-33(14-12-32)37-25-50-26-38(49)41(37)56-20-16-48(17-21-56)15-18-51-46(48)63/h7-14,24-27,29,36,39,43,59H,5-6,15-23,28H2,1-4H3,(H,51,63)(H,52,61)(H,55,60)/t36-,39+,43?/m1/s1. The van der Waals surface area contributed by atoms with Crippen LogP contribution in [0.15, 0.2) is 78.8 Å². The van der Waals surface area contributed by atoms with Gasteiger partial charge in [0.25, 0.3) is 0 Å². The van der Waals surface area contributed by atoms with E-state index in [0.29, 0.717) is 18.0 Å². The minimum Gasteiger partial charge on any atom is -0.391 e. The number of aliphatic hydroxyl groups is 1. The van der Waals surface area contributed by atoms with Gasteiger partial charge >= 0.3 is 0 Å². The molecule has 3 atom stereocenters. The van der Waals surface area contributed by atoms with Crippen LogP contribution in [0.2, 0.25) is 5.02 Å². The van der Waals surface area contributed by atoms with Crippen LogP contribution in [0.4, 0.5) is 5.69 Å². The van der Waals surface area contributed by atoms with Gasteiger partial charge in [0.05, 0.1) is 44.5 Å². The van der Waals surface area contributed by atoms with Gasteiger partial charge in [0.15, 0.2) is 0 Å². The first-order valence-corrected chi connectivity index (χ1v) is 23.3. The molecule has 1 unspecified atom stereocenters. The summed E-state index contributed by atoms with van der Waals surface area (Å²) < 4.78 is 1.81. The van der Waals surface area contributed by atoms with Crippen LogP contribution in [0.25, 0.3) is 32.7 Å². The zero-order chi connectivity index (χ0) is 45.2. The predicted octanol–water partition coefficient (Wildman–Crippen LogP) is 6.39. The Morgan fingerprint density at radius 2 is 1.70 bits per heavy atom. The van der Waals surface area contributed by atoms with E-state index in [0.717, 1.165) is 88.5 Å². The summed E-state index contributed by atoms with van der Waals surface area (Å²) in [6, 6.07) is 14.3. The van der Waals surface area contributed by atoms with Crippen LogP contribution in [0, 0.1) is 17.8 Å². The number of nitrogens with one attached hydrogen (secondary N) is 3. The Labute approximate surface area is 382 Å². The van der Waals surface area contributed by atoms with E-state index in [1.54, 1.807) is 28.4 Å². The Hall–Kier alpha value is -5.64. The molecule has 3 aliphatic heterocycles. The highest BCUT2D eigenvalue weighted by Gasteiger charge is 2.46. The van der Waals surface area contributed by atoms with Gasteiger partial charge in [0.2, 0.25) is 23.6 Å². The highest BCUT2D eigenvalue weighted by atomic mass is 35.5. The average Bonchev–Trinajstić information content (AvgIpc) is 4.10. The van der Waals surface area contributed by atoms with Crippen molar-refractivity contribution in [3.63, 3.8) is 0 Å². The molecule has 0 radical (unpaired) electrons. The highest BCUT2D eigenvalue weighted by Crippen LogP contribution is 2.43. The molecule has 2 aromatic carbocycles. The zero-order valence-electron chi connectivity index (χ0n) is 36.8. The highest BCUT2D eigenvalue weighted by molar-refractivity contribution is 7.13. The number of carbonyl (C=O) groups excluding carboxylic acids is 4. The Morgan fingerprint density at radius 3 is 2.38 bits per heavy atom. The molecule has 0 aliphatic carbocycles. The third kappa shape index (κ3) is 9.71. The number of hydrogen-bond acceptors (Lipinski definition) is 10. The number of halogens is 1. The summed E-state index contributed by atoms with van der Waals surface area (Å²) in [7, 11) is 0. The number of amides is 4. The van der Waals surface area contributed by atoms with Crippen LogP contribution in [0.3, 0.4) is 0 Å². The number of rotatable bonds is 13. The van der Waals surface area contributed by atoms with Crippen LogP contribution < -0.4 is 20.9 Å². The number of nitrogens with zero attached hydrogens (tertiary/aromatic N) is 6. The number of aryl methyl sites for hydroxylation is 2. The second-order valence-electron chi connectivity index (χ2n) is 18.4. The molecule has 336 valence electrons. The molecule has 16 heteroatoms. The summed E-state index contributed by atoms with van der Waals surface area (Å²) in [5.41, 5.74) is 8.59. The number of likely N-dealkylation sites (tertiary alicyclic amines) is 1. The summed E-state index contributed by atoms with van der Waals surface area (Å²) in [5, 5.41) is 24.7. The summed E-state index contributed by atoms with van der Waals surface area (Å²) >= 11 is 8.35. The topological polar surface area (TPSA) is 175 Å². The number of carbonyl (C=O) groups is 4. The quantitative estimate of drug-likeness (QED) is 0.104. The van der Waals surface area contributed by atoms with E-state index in [4.69, 9.17) is 11.6 Å². The SMILES string of the molecule is Cc1ncsc1-c1ccc(CNC(=O)[C@@H]2C[C@@H](O)CN2C(=O)C(NC(=O)CCCn2cc(-c3ccc(-c4cncc(Cl)c4N4CCC5(CCNC5=O)CC4)cc3)cn2)C(C)(C)C)cc1. The Balaban J connectivity index is 0.838. The van der Waals surface area contributed by atoms with Gasteiger partial charge in [-0.05, 0) is 60.3 Å². The maximum Gasteiger partial charge on any atom is 0.246 e. The van der Waals surface area contributed by atoms with Crippen molar-refractivity contribution in [2.75, 3.05) is 31.1 Å². The van der Waals surface area contributed by atoms with Gasteiger partial charge in [-0.15, -0.1) is 11.3 Å². The van der Waals surface area contributed by atoms with Crippen molar-refractivity contribution in [1.82, 2.24) is 40.6 Å². The molecule has 64 heavy (non-hydrogen) atoms. The number of aromatic nitrogens is 4. The zero-order valence-corrected chi connectivity index (χ0v) is 38.3. The normalized spacial score (nSPS) is 18.9. The van der Waals surface area contributed by atoms with Crippen LogP contribution >= 0.6 is 22.9 Å². The second-order valence-corrected chi connectivity index (χ2v) is 19.7. The fourth-order valence-corrected chi connectivity index (χ4v) is 10.3. The maximum atomic E-state index is 14.1. The number of piperidine rings is 1. The van der Waals surface area contributed by atoms with Gasteiger partial charge in [0, 0.05) is 81.8 Å². The van der Waals surface area contributed by atoms with E-state index >= 15 is 0 Å². The van der Waals surface area contributed by atoms with Gasteiger partial charge < -0.3 is 30.9 Å². The first-order chi connectivity index (χ1) is 30.7. The molecular weight excluding hydrogens is 850 g/mol. The number of aliphatic hydroxyl groups excluding tert-OH is 1. The summed E-state index contributed by atoms with van der Waals surface area (Å²) in [5.74, 6) is -0.855. The van der Waals surface area contributed by atoms with E-state index in [-0.39, 0.29) is 49.1 Å². The molecule has 5 aromatic rings. The third-order valence-corrected chi connectivity index (χ3v) is 14.2. The average molecular weight is 907 g/mol. The molecule has 14 nitrogen and oxygen atoms in total. The van der Waals surface area contributed by atoms with Crippen molar-refractivity contribution in [3.8, 4) is 32.7 Å². The Morgan fingerprint density at radius 1 is 0.984 bits per heavy atom. The summed E-state index contributed by atoms with van der Waals surface area (Å²) in [4.78, 5) is 67.1. The fourth-order valence-electron chi connectivity index (χ4n) is 9.20. The monoisotopic (exact) mass is 905 g/mol. The van der Waals surface area contributed by atoms with Crippen molar-refractivity contribution in [2.24, 2.45) is 10.8 Å². The molecule has 3 aromatic heterocycles. The first-order valence-electron chi connectivity index (χ1n) is 22.0. The largest absolute Gasteiger partial charge is 0.391 e. The molecule has 3 fully saturated rings. The second kappa shape index (κ2) is 18.8. The molecule has 3 aliphatic rings. The van der Waals surface area contributed by atoms with Gasteiger partial charge in [-0.2, -0.15) is 5.10 Å². The summed E-state index contributed by atoms with van der Waals surface area (Å²) in [6.07, 6.45) is 9.65. The molecule has 3 saturated heterocycles. The van der Waals surface area contributed by atoms with Crippen LogP contribution in [-0.4, -0.2) is 97.8 Å². The van der Waals surface area contributed by atoms with Crippen molar-refractivity contribution in [3.05, 3.63) is 95.1 Å². The van der Waals surface area contributed by atoms with Crippen LogP contribution in [0.1, 0.15) is 70.6 Å². The van der Waals surface area contributed by atoms with Crippen molar-refractivity contribution in [2.45, 2.75) is 97.5 Å². The van der Waals surface area contributed by atoms with Gasteiger partial charge in [-0.3, -0.25) is 28.8 Å². The Kier molecular flexibility index (Phi) is 13.2. The summed E-state index contributed by atoms with van der Waals surface area (Å²) in [6.45, 7) is 10.6. The van der Waals surface area contributed by atoms with Gasteiger partial charge in [-0.1, -0.05) is 80.9 Å². The lowest BCUT2D eigenvalue weighted by Gasteiger charge is -2.39. The third-order valence-electron chi connectivity index (χ3n) is 12.9. The van der Waals surface area contributed by atoms with Gasteiger partial charge in [0.1, 0.15) is 12.1 Å². The molecular formula is C48H56ClN9O5S. The van der Waals surface area contributed by atoms with E-state index in [2.05, 4.69) is 48.0 Å². The minimum atomic E-state index is -0.909. The van der Waals surface area contributed by atoms with Crippen molar-refractivity contribution < 1.29 is 24.3 Å².